The minimum atomic E-state index is -4.39. The summed E-state index contributed by atoms with van der Waals surface area (Å²) in [7, 11) is 0. The molecular weight excluding hydrogens is 441 g/mol. The number of aromatic nitrogens is 1. The standard InChI is InChI=1S/C22H17F3N4O2S/c23-22(24,25)15-4-1-13(2-5-15)14-3-6-17-16(9-14)28-20(32-17)10-18(30)27-11-19(31)29-21(12-26)7-8-21/h1-6,9H,7-8,10-11H2,(H,27,30)(H,29,31). The number of fused-ring (bicyclic) bond motifs is 1. The molecule has 2 aromatic carbocycles. The van der Waals surface area contributed by atoms with Gasteiger partial charge < -0.3 is 10.6 Å². The van der Waals surface area contributed by atoms with Crippen molar-refractivity contribution in [1.82, 2.24) is 15.6 Å². The van der Waals surface area contributed by atoms with Gasteiger partial charge in [-0.05, 0) is 48.2 Å². The molecule has 0 bridgehead atoms. The van der Waals surface area contributed by atoms with Crippen molar-refractivity contribution >= 4 is 33.4 Å². The van der Waals surface area contributed by atoms with E-state index in [1.54, 1.807) is 12.1 Å². The molecule has 0 unspecified atom stereocenters. The maximum absolute atomic E-state index is 12.8. The minimum absolute atomic E-state index is 0.00830. The fourth-order valence-corrected chi connectivity index (χ4v) is 4.11. The van der Waals surface area contributed by atoms with Crippen LogP contribution in [-0.4, -0.2) is 28.9 Å². The SMILES string of the molecule is N#CC1(NC(=O)CNC(=O)Cc2nc3cc(-c4ccc(C(F)(F)F)cc4)ccc3s2)CC1. The van der Waals surface area contributed by atoms with Crippen LogP contribution in [0.5, 0.6) is 0 Å². The first-order valence-electron chi connectivity index (χ1n) is 9.73. The van der Waals surface area contributed by atoms with Crippen LogP contribution in [0.2, 0.25) is 0 Å². The number of benzene rings is 2. The van der Waals surface area contributed by atoms with Crippen molar-refractivity contribution in [3.63, 3.8) is 0 Å². The van der Waals surface area contributed by atoms with Crippen molar-refractivity contribution in [2.45, 2.75) is 31.0 Å². The van der Waals surface area contributed by atoms with Crippen LogP contribution in [0.25, 0.3) is 21.3 Å². The number of nitrogens with one attached hydrogen (secondary N) is 2. The van der Waals surface area contributed by atoms with Gasteiger partial charge in [0, 0.05) is 0 Å². The number of amides is 2. The van der Waals surface area contributed by atoms with Gasteiger partial charge in [0.1, 0.15) is 10.5 Å². The molecule has 1 saturated carbocycles. The Morgan fingerprint density at radius 1 is 1.09 bits per heavy atom. The first kappa shape index (κ1) is 21.8. The van der Waals surface area contributed by atoms with E-state index in [4.69, 9.17) is 5.26 Å². The number of hydrogen-bond acceptors (Lipinski definition) is 5. The Bertz CT molecular complexity index is 1220. The summed E-state index contributed by atoms with van der Waals surface area (Å²) < 4.78 is 39.1. The van der Waals surface area contributed by atoms with Gasteiger partial charge in [0.2, 0.25) is 11.8 Å². The third kappa shape index (κ3) is 4.89. The van der Waals surface area contributed by atoms with E-state index >= 15 is 0 Å². The number of alkyl halides is 3. The second-order valence-electron chi connectivity index (χ2n) is 7.56. The molecule has 0 spiro atoms. The van der Waals surface area contributed by atoms with Crippen molar-refractivity contribution in [3.05, 3.63) is 53.0 Å². The van der Waals surface area contributed by atoms with E-state index in [9.17, 15) is 22.8 Å². The zero-order chi connectivity index (χ0) is 22.9. The highest BCUT2D eigenvalue weighted by Gasteiger charge is 2.44. The summed E-state index contributed by atoms with van der Waals surface area (Å²) in [4.78, 5) is 28.5. The average molecular weight is 458 g/mol. The van der Waals surface area contributed by atoms with E-state index in [1.165, 1.54) is 23.5 Å². The maximum atomic E-state index is 12.8. The average Bonchev–Trinajstić information content (AvgIpc) is 3.41. The largest absolute Gasteiger partial charge is 0.416 e. The van der Waals surface area contributed by atoms with Crippen LogP contribution in [0.15, 0.2) is 42.5 Å². The molecule has 0 saturated heterocycles. The van der Waals surface area contributed by atoms with Crippen molar-refractivity contribution in [3.8, 4) is 17.2 Å². The van der Waals surface area contributed by atoms with Gasteiger partial charge in [0.25, 0.3) is 0 Å². The summed E-state index contributed by atoms with van der Waals surface area (Å²) in [5, 5.41) is 14.7. The summed E-state index contributed by atoms with van der Waals surface area (Å²) >= 11 is 1.33. The van der Waals surface area contributed by atoms with Gasteiger partial charge in [-0.2, -0.15) is 18.4 Å². The van der Waals surface area contributed by atoms with Gasteiger partial charge in [-0.15, -0.1) is 11.3 Å². The van der Waals surface area contributed by atoms with Gasteiger partial charge >= 0.3 is 6.18 Å². The summed E-state index contributed by atoms with van der Waals surface area (Å²) in [6, 6.07) is 12.3. The molecule has 1 fully saturated rings. The number of hydrogen-bond donors (Lipinski definition) is 2. The van der Waals surface area contributed by atoms with Gasteiger partial charge in [-0.1, -0.05) is 18.2 Å². The monoisotopic (exact) mass is 458 g/mol. The first-order chi connectivity index (χ1) is 15.2. The fraction of sp³-hybridized carbons (Fsp3) is 0.273. The Morgan fingerprint density at radius 2 is 1.78 bits per heavy atom. The van der Waals surface area contributed by atoms with Gasteiger partial charge in [0.15, 0.2) is 0 Å². The Labute approximate surface area is 185 Å². The molecule has 2 N–H and O–H groups in total. The Balaban J connectivity index is 1.39. The number of thiazole rings is 1. The molecule has 4 rings (SSSR count). The zero-order valence-electron chi connectivity index (χ0n) is 16.6. The van der Waals surface area contributed by atoms with Crippen molar-refractivity contribution in [1.29, 1.82) is 5.26 Å². The smallest absolute Gasteiger partial charge is 0.347 e. The topological polar surface area (TPSA) is 94.9 Å². The van der Waals surface area contributed by atoms with E-state index in [0.29, 0.717) is 28.9 Å². The van der Waals surface area contributed by atoms with E-state index < -0.39 is 23.2 Å². The van der Waals surface area contributed by atoms with Crippen LogP contribution in [0, 0.1) is 11.3 Å². The predicted molar refractivity (Wildman–Crippen MR) is 112 cm³/mol. The van der Waals surface area contributed by atoms with Crippen molar-refractivity contribution in [2.24, 2.45) is 0 Å². The quantitative estimate of drug-likeness (QED) is 0.587. The second-order valence-corrected chi connectivity index (χ2v) is 8.68. The molecular formula is C22H17F3N4O2S. The molecule has 1 aliphatic rings. The molecule has 0 aliphatic heterocycles. The summed E-state index contributed by atoms with van der Waals surface area (Å²) in [6.45, 7) is -0.217. The van der Waals surface area contributed by atoms with Crippen molar-refractivity contribution in [2.75, 3.05) is 6.54 Å². The Kier molecular flexibility index (Phi) is 5.60. The lowest BCUT2D eigenvalue weighted by Crippen LogP contribution is -2.43. The highest BCUT2D eigenvalue weighted by Crippen LogP contribution is 2.34. The van der Waals surface area contributed by atoms with Crippen molar-refractivity contribution < 1.29 is 22.8 Å². The molecule has 3 aromatic rings. The molecule has 10 heteroatoms. The Morgan fingerprint density at radius 3 is 2.41 bits per heavy atom. The van der Waals surface area contributed by atoms with Gasteiger partial charge in [0.05, 0.1) is 34.8 Å². The van der Waals surface area contributed by atoms with E-state index in [2.05, 4.69) is 15.6 Å². The lowest BCUT2D eigenvalue weighted by molar-refractivity contribution is -0.137. The fourth-order valence-electron chi connectivity index (χ4n) is 3.16. The number of carbonyl (C=O) groups is 2. The molecule has 1 aromatic heterocycles. The predicted octanol–water partition coefficient (Wildman–Crippen LogP) is 3.81. The Hall–Kier alpha value is -3.45. The molecule has 0 atom stereocenters. The molecule has 0 radical (unpaired) electrons. The normalized spacial score (nSPS) is 14.6. The highest BCUT2D eigenvalue weighted by molar-refractivity contribution is 7.18. The van der Waals surface area contributed by atoms with Crippen LogP contribution in [0.4, 0.5) is 13.2 Å². The van der Waals surface area contributed by atoms with Gasteiger partial charge in [-0.25, -0.2) is 4.98 Å². The van der Waals surface area contributed by atoms with Crippen LogP contribution < -0.4 is 10.6 Å². The van der Waals surface area contributed by atoms with Crippen LogP contribution in [0.3, 0.4) is 0 Å². The summed E-state index contributed by atoms with van der Waals surface area (Å²) in [6.07, 6.45) is -3.17. The lowest BCUT2D eigenvalue weighted by atomic mass is 10.0. The van der Waals surface area contributed by atoms with E-state index in [-0.39, 0.29) is 18.9 Å². The minimum Gasteiger partial charge on any atom is -0.347 e. The number of halogens is 3. The molecule has 1 aliphatic carbocycles. The number of nitrogens with zero attached hydrogens (tertiary/aromatic N) is 2. The zero-order valence-corrected chi connectivity index (χ0v) is 17.4. The van der Waals surface area contributed by atoms with E-state index in [0.717, 1.165) is 22.4 Å². The molecule has 164 valence electrons. The second kappa shape index (κ2) is 8.24. The first-order valence-corrected chi connectivity index (χ1v) is 10.6. The molecule has 32 heavy (non-hydrogen) atoms. The van der Waals surface area contributed by atoms with E-state index in [1.807, 2.05) is 12.1 Å². The number of carbonyl (C=O) groups excluding carboxylic acids is 2. The lowest BCUT2D eigenvalue weighted by Gasteiger charge is -2.09. The maximum Gasteiger partial charge on any atom is 0.416 e. The number of rotatable bonds is 6. The highest BCUT2D eigenvalue weighted by atomic mass is 32.1. The third-order valence-corrected chi connectivity index (χ3v) is 6.11. The van der Waals surface area contributed by atoms with Gasteiger partial charge in [-0.3, -0.25) is 9.59 Å². The molecule has 2 amide bonds. The summed E-state index contributed by atoms with van der Waals surface area (Å²) in [5.74, 6) is -0.785. The molecule has 1 heterocycles. The molecule has 6 nitrogen and oxygen atoms in total. The number of nitriles is 1. The van der Waals surface area contributed by atoms with Crippen LogP contribution in [0.1, 0.15) is 23.4 Å². The summed E-state index contributed by atoms with van der Waals surface area (Å²) in [5.41, 5.74) is 0.495. The van der Waals surface area contributed by atoms with Crippen LogP contribution >= 0.6 is 11.3 Å². The van der Waals surface area contributed by atoms with Crippen LogP contribution in [-0.2, 0) is 22.2 Å². The third-order valence-electron chi connectivity index (χ3n) is 5.08.